The lowest BCUT2D eigenvalue weighted by Gasteiger charge is -2.14. The van der Waals surface area contributed by atoms with Gasteiger partial charge in [-0.05, 0) is 24.6 Å². The number of nitrogens with one attached hydrogen (secondary N) is 1. The number of carbonyl (C=O) groups is 1. The van der Waals surface area contributed by atoms with Gasteiger partial charge in [-0.1, -0.05) is 29.8 Å². The van der Waals surface area contributed by atoms with E-state index < -0.39 is 0 Å². The van der Waals surface area contributed by atoms with Gasteiger partial charge < -0.3 is 10.1 Å². The maximum atomic E-state index is 11.6. The van der Waals surface area contributed by atoms with E-state index >= 15 is 0 Å². The van der Waals surface area contributed by atoms with Crippen LogP contribution in [0.4, 0.5) is 5.69 Å². The molecule has 1 N–H and O–H groups in total. The lowest BCUT2D eigenvalue weighted by Crippen LogP contribution is -2.18. The number of rotatable bonds is 3. The van der Waals surface area contributed by atoms with Gasteiger partial charge >= 0.3 is 0 Å². The highest BCUT2D eigenvalue weighted by Crippen LogP contribution is 2.32. The van der Waals surface area contributed by atoms with E-state index in [4.69, 9.17) is 4.74 Å². The average molecular weight is 286 g/mol. The fourth-order valence-corrected chi connectivity index (χ4v) is 1.85. The molecule has 1 amide bonds. The van der Waals surface area contributed by atoms with Crippen molar-refractivity contribution >= 4 is 27.5 Å². The van der Waals surface area contributed by atoms with Crippen molar-refractivity contribution in [3.05, 3.63) is 22.2 Å². The zero-order valence-electron chi connectivity index (χ0n) is 9.93. The number of ether oxygens (including phenoxy) is 1. The Bertz CT molecular complexity index is 402. The van der Waals surface area contributed by atoms with Crippen LogP contribution in [0.1, 0.15) is 19.4 Å². The highest BCUT2D eigenvalue weighted by atomic mass is 79.9. The highest BCUT2D eigenvalue weighted by Gasteiger charge is 2.13. The van der Waals surface area contributed by atoms with E-state index in [9.17, 15) is 4.79 Å². The number of hydrogen-bond donors (Lipinski definition) is 1. The van der Waals surface area contributed by atoms with E-state index in [1.807, 2.05) is 32.9 Å². The molecule has 0 saturated heterocycles. The zero-order chi connectivity index (χ0) is 12.3. The molecule has 0 fully saturated rings. The Labute approximate surface area is 104 Å². The number of halogens is 1. The smallest absolute Gasteiger partial charge is 0.227 e. The van der Waals surface area contributed by atoms with E-state index in [0.29, 0.717) is 5.75 Å². The van der Waals surface area contributed by atoms with Gasteiger partial charge in [0.05, 0.1) is 12.8 Å². The first kappa shape index (κ1) is 13.0. The van der Waals surface area contributed by atoms with Crippen molar-refractivity contribution in [3.63, 3.8) is 0 Å². The first-order valence-electron chi connectivity index (χ1n) is 5.10. The number of aryl methyl sites for hydroxylation is 1. The quantitative estimate of drug-likeness (QED) is 0.925. The average Bonchev–Trinajstić information content (AvgIpc) is 2.21. The second kappa shape index (κ2) is 5.34. The van der Waals surface area contributed by atoms with Crippen LogP contribution in [0.5, 0.6) is 5.75 Å². The fourth-order valence-electron chi connectivity index (χ4n) is 1.30. The van der Waals surface area contributed by atoms with Gasteiger partial charge in [0.15, 0.2) is 0 Å². The topological polar surface area (TPSA) is 38.3 Å². The van der Waals surface area contributed by atoms with Gasteiger partial charge in [0.1, 0.15) is 5.75 Å². The van der Waals surface area contributed by atoms with E-state index in [1.54, 1.807) is 7.11 Å². The lowest BCUT2D eigenvalue weighted by molar-refractivity contribution is -0.118. The molecule has 0 bridgehead atoms. The van der Waals surface area contributed by atoms with Crippen molar-refractivity contribution in [2.75, 3.05) is 12.4 Å². The van der Waals surface area contributed by atoms with Crippen LogP contribution in [0.2, 0.25) is 0 Å². The molecule has 1 rings (SSSR count). The predicted octanol–water partition coefficient (Wildman–Crippen LogP) is 3.36. The molecule has 0 aliphatic heterocycles. The van der Waals surface area contributed by atoms with Gasteiger partial charge in [-0.15, -0.1) is 0 Å². The third-order valence-corrected chi connectivity index (χ3v) is 2.71. The molecule has 0 heterocycles. The summed E-state index contributed by atoms with van der Waals surface area (Å²) in [6.45, 7) is 5.65. The monoisotopic (exact) mass is 285 g/mol. The Morgan fingerprint density at radius 3 is 2.56 bits per heavy atom. The number of carbonyl (C=O) groups excluding carboxylic acids is 1. The molecular formula is C12H16BrNO2. The van der Waals surface area contributed by atoms with Crippen molar-refractivity contribution in [2.24, 2.45) is 5.92 Å². The summed E-state index contributed by atoms with van der Waals surface area (Å²) >= 11 is 3.39. The number of benzene rings is 1. The molecular weight excluding hydrogens is 270 g/mol. The fraction of sp³-hybridized carbons (Fsp3) is 0.417. The molecule has 0 aliphatic rings. The number of amides is 1. The van der Waals surface area contributed by atoms with Gasteiger partial charge in [-0.3, -0.25) is 4.79 Å². The number of anilines is 1. The van der Waals surface area contributed by atoms with Gasteiger partial charge in [0, 0.05) is 10.4 Å². The molecule has 0 saturated carbocycles. The maximum Gasteiger partial charge on any atom is 0.227 e. The molecule has 0 spiro atoms. The second-order valence-electron chi connectivity index (χ2n) is 3.94. The molecule has 0 atom stereocenters. The summed E-state index contributed by atoms with van der Waals surface area (Å²) in [5.41, 5.74) is 1.71. The van der Waals surface area contributed by atoms with Crippen molar-refractivity contribution in [3.8, 4) is 5.75 Å². The molecule has 0 radical (unpaired) electrons. The third-order valence-electron chi connectivity index (χ3n) is 2.26. The zero-order valence-corrected chi connectivity index (χ0v) is 11.5. The van der Waals surface area contributed by atoms with E-state index in [0.717, 1.165) is 15.7 Å². The van der Waals surface area contributed by atoms with Crippen molar-refractivity contribution < 1.29 is 9.53 Å². The molecule has 0 unspecified atom stereocenters. The lowest BCUT2D eigenvalue weighted by atomic mass is 10.1. The Hall–Kier alpha value is -1.03. The summed E-state index contributed by atoms with van der Waals surface area (Å²) in [4.78, 5) is 11.6. The van der Waals surface area contributed by atoms with Crippen molar-refractivity contribution in [2.45, 2.75) is 20.8 Å². The van der Waals surface area contributed by atoms with Crippen LogP contribution >= 0.6 is 15.9 Å². The first-order chi connectivity index (χ1) is 7.45. The van der Waals surface area contributed by atoms with E-state index in [1.165, 1.54) is 0 Å². The van der Waals surface area contributed by atoms with Crippen LogP contribution in [0.3, 0.4) is 0 Å². The van der Waals surface area contributed by atoms with Crippen LogP contribution in [-0.2, 0) is 4.79 Å². The van der Waals surface area contributed by atoms with Gasteiger partial charge in [-0.2, -0.15) is 0 Å². The molecule has 1 aromatic carbocycles. The minimum Gasteiger partial charge on any atom is -0.495 e. The van der Waals surface area contributed by atoms with E-state index in [-0.39, 0.29) is 11.8 Å². The second-order valence-corrected chi connectivity index (χ2v) is 4.86. The van der Waals surface area contributed by atoms with Gasteiger partial charge in [0.25, 0.3) is 0 Å². The van der Waals surface area contributed by atoms with Crippen LogP contribution in [0.25, 0.3) is 0 Å². The molecule has 0 aromatic heterocycles. The molecule has 0 aliphatic carbocycles. The standard InChI is InChI=1S/C12H16BrNO2/c1-7(2)12(15)14-11-8(3)5-9(13)6-10(11)16-4/h5-7H,1-4H3,(H,14,15). The number of methoxy groups -OCH3 is 1. The summed E-state index contributed by atoms with van der Waals surface area (Å²) in [5, 5.41) is 2.87. The minimum absolute atomic E-state index is 0.0104. The molecule has 88 valence electrons. The van der Waals surface area contributed by atoms with Gasteiger partial charge in [0.2, 0.25) is 5.91 Å². The minimum atomic E-state index is -0.0484. The van der Waals surface area contributed by atoms with E-state index in [2.05, 4.69) is 21.2 Å². The highest BCUT2D eigenvalue weighted by molar-refractivity contribution is 9.10. The largest absolute Gasteiger partial charge is 0.495 e. The SMILES string of the molecule is COc1cc(Br)cc(C)c1NC(=O)C(C)C. The molecule has 16 heavy (non-hydrogen) atoms. The van der Waals surface area contributed by atoms with Crippen LogP contribution in [-0.4, -0.2) is 13.0 Å². The van der Waals surface area contributed by atoms with Crippen molar-refractivity contribution in [1.82, 2.24) is 0 Å². The molecule has 3 nitrogen and oxygen atoms in total. The van der Waals surface area contributed by atoms with Crippen molar-refractivity contribution in [1.29, 1.82) is 0 Å². The summed E-state index contributed by atoms with van der Waals surface area (Å²) in [7, 11) is 1.59. The summed E-state index contributed by atoms with van der Waals surface area (Å²) < 4.78 is 6.18. The Balaban J connectivity index is 3.07. The number of hydrogen-bond acceptors (Lipinski definition) is 2. The Morgan fingerprint density at radius 1 is 1.44 bits per heavy atom. The molecule has 4 heteroatoms. The summed E-state index contributed by atoms with van der Waals surface area (Å²) in [5.74, 6) is 0.609. The maximum absolute atomic E-state index is 11.6. The Morgan fingerprint density at radius 2 is 2.06 bits per heavy atom. The first-order valence-corrected chi connectivity index (χ1v) is 5.90. The normalized spacial score (nSPS) is 10.4. The van der Waals surface area contributed by atoms with Crippen LogP contribution in [0.15, 0.2) is 16.6 Å². The summed E-state index contributed by atoms with van der Waals surface area (Å²) in [6, 6.07) is 3.78. The third kappa shape index (κ3) is 2.98. The Kier molecular flexibility index (Phi) is 4.35. The van der Waals surface area contributed by atoms with Crippen LogP contribution < -0.4 is 10.1 Å². The summed E-state index contributed by atoms with van der Waals surface area (Å²) in [6.07, 6.45) is 0. The predicted molar refractivity (Wildman–Crippen MR) is 68.9 cm³/mol. The van der Waals surface area contributed by atoms with Gasteiger partial charge in [-0.25, -0.2) is 0 Å². The molecule has 1 aromatic rings. The van der Waals surface area contributed by atoms with Crippen LogP contribution in [0, 0.1) is 12.8 Å².